The van der Waals surface area contributed by atoms with Crippen molar-refractivity contribution in [1.29, 1.82) is 0 Å². The van der Waals surface area contributed by atoms with Gasteiger partial charge in [0.2, 0.25) is 5.82 Å². The smallest absolute Gasteiger partial charge is 0.258 e. The van der Waals surface area contributed by atoms with E-state index < -0.39 is 0 Å². The van der Waals surface area contributed by atoms with E-state index >= 15 is 0 Å². The monoisotopic (exact) mass is 328 g/mol. The SMILES string of the molecule is OC1CCN(c2cc(-c3nc(-c4cccs4)no3)ccn2)CC1. The van der Waals surface area contributed by atoms with Gasteiger partial charge in [-0.2, -0.15) is 4.98 Å². The Morgan fingerprint density at radius 2 is 2.13 bits per heavy atom. The molecule has 0 atom stereocenters. The van der Waals surface area contributed by atoms with E-state index in [4.69, 9.17) is 4.52 Å². The summed E-state index contributed by atoms with van der Waals surface area (Å²) in [6, 6.07) is 7.76. The minimum absolute atomic E-state index is 0.196. The zero-order chi connectivity index (χ0) is 15.6. The lowest BCUT2D eigenvalue weighted by molar-refractivity contribution is 0.145. The van der Waals surface area contributed by atoms with Gasteiger partial charge in [0.1, 0.15) is 5.82 Å². The molecule has 3 aromatic heterocycles. The van der Waals surface area contributed by atoms with Crippen molar-refractivity contribution >= 4 is 17.2 Å². The summed E-state index contributed by atoms with van der Waals surface area (Å²) in [5, 5.41) is 15.7. The number of aromatic nitrogens is 3. The van der Waals surface area contributed by atoms with E-state index in [1.807, 2.05) is 29.6 Å². The predicted octanol–water partition coefficient (Wildman–Crippen LogP) is 2.82. The molecule has 4 rings (SSSR count). The van der Waals surface area contributed by atoms with E-state index in [2.05, 4.69) is 20.0 Å². The standard InChI is InChI=1S/C16H16N4O2S/c21-12-4-7-20(8-5-12)14-10-11(3-6-17-14)16-18-15(19-22-16)13-2-1-9-23-13/h1-3,6,9-10,12,21H,4-5,7-8H2. The molecule has 0 aromatic carbocycles. The van der Waals surface area contributed by atoms with Crippen LogP contribution in [-0.2, 0) is 0 Å². The lowest BCUT2D eigenvalue weighted by Gasteiger charge is -2.30. The van der Waals surface area contributed by atoms with Gasteiger partial charge in [0.15, 0.2) is 0 Å². The number of piperidine rings is 1. The van der Waals surface area contributed by atoms with Crippen LogP contribution in [0.3, 0.4) is 0 Å². The van der Waals surface area contributed by atoms with Gasteiger partial charge >= 0.3 is 0 Å². The number of pyridine rings is 1. The Bertz CT molecular complexity index is 779. The zero-order valence-corrected chi connectivity index (χ0v) is 13.2. The van der Waals surface area contributed by atoms with Crippen LogP contribution >= 0.6 is 11.3 Å². The van der Waals surface area contributed by atoms with Gasteiger partial charge in [-0.25, -0.2) is 4.98 Å². The van der Waals surface area contributed by atoms with Crippen LogP contribution in [0.15, 0.2) is 40.4 Å². The minimum atomic E-state index is -0.196. The predicted molar refractivity (Wildman–Crippen MR) is 88.3 cm³/mol. The molecule has 0 unspecified atom stereocenters. The molecule has 0 amide bonds. The highest BCUT2D eigenvalue weighted by Crippen LogP contribution is 2.27. The fourth-order valence-electron chi connectivity index (χ4n) is 2.67. The quantitative estimate of drug-likeness (QED) is 0.797. The molecule has 0 bridgehead atoms. The molecule has 7 heteroatoms. The van der Waals surface area contributed by atoms with Crippen molar-refractivity contribution in [3.63, 3.8) is 0 Å². The summed E-state index contributed by atoms with van der Waals surface area (Å²) in [5.74, 6) is 1.98. The Morgan fingerprint density at radius 3 is 2.91 bits per heavy atom. The molecule has 3 aromatic rings. The maximum absolute atomic E-state index is 9.62. The van der Waals surface area contributed by atoms with E-state index in [-0.39, 0.29) is 6.10 Å². The van der Waals surface area contributed by atoms with Gasteiger partial charge < -0.3 is 14.5 Å². The van der Waals surface area contributed by atoms with Crippen LogP contribution in [0.1, 0.15) is 12.8 Å². The van der Waals surface area contributed by atoms with Crippen LogP contribution in [0.5, 0.6) is 0 Å². The number of aliphatic hydroxyl groups excluding tert-OH is 1. The van der Waals surface area contributed by atoms with Crippen molar-refractivity contribution in [2.24, 2.45) is 0 Å². The molecule has 118 valence electrons. The third-order valence-corrected chi connectivity index (χ3v) is 4.81. The molecular formula is C16H16N4O2S. The van der Waals surface area contributed by atoms with Crippen molar-refractivity contribution in [2.45, 2.75) is 18.9 Å². The first-order chi connectivity index (χ1) is 11.3. The second-order valence-electron chi connectivity index (χ2n) is 5.52. The Morgan fingerprint density at radius 1 is 1.26 bits per heavy atom. The molecule has 4 heterocycles. The molecule has 1 saturated heterocycles. The van der Waals surface area contributed by atoms with Crippen LogP contribution in [0, 0.1) is 0 Å². The summed E-state index contributed by atoms with van der Waals surface area (Å²) in [4.78, 5) is 12.1. The molecule has 0 saturated carbocycles. The second-order valence-corrected chi connectivity index (χ2v) is 6.47. The molecule has 23 heavy (non-hydrogen) atoms. The van der Waals surface area contributed by atoms with Gasteiger partial charge in [-0.3, -0.25) is 0 Å². The van der Waals surface area contributed by atoms with Crippen molar-refractivity contribution in [2.75, 3.05) is 18.0 Å². The largest absolute Gasteiger partial charge is 0.393 e. The van der Waals surface area contributed by atoms with Crippen LogP contribution < -0.4 is 4.90 Å². The van der Waals surface area contributed by atoms with Gasteiger partial charge in [0.05, 0.1) is 11.0 Å². The fourth-order valence-corrected chi connectivity index (χ4v) is 3.32. The van der Waals surface area contributed by atoms with Crippen molar-refractivity contribution in [3.05, 3.63) is 35.8 Å². The average molecular weight is 328 g/mol. The molecular weight excluding hydrogens is 312 g/mol. The van der Waals surface area contributed by atoms with Gasteiger partial charge in [0.25, 0.3) is 5.89 Å². The lowest BCUT2D eigenvalue weighted by atomic mass is 10.1. The Balaban J connectivity index is 1.59. The van der Waals surface area contributed by atoms with E-state index in [0.29, 0.717) is 11.7 Å². The third-order valence-electron chi connectivity index (χ3n) is 3.95. The Hall–Kier alpha value is -2.25. The summed E-state index contributed by atoms with van der Waals surface area (Å²) in [6.07, 6.45) is 3.10. The minimum Gasteiger partial charge on any atom is -0.393 e. The van der Waals surface area contributed by atoms with Crippen LogP contribution in [0.4, 0.5) is 5.82 Å². The lowest BCUT2D eigenvalue weighted by Crippen LogP contribution is -2.36. The summed E-state index contributed by atoms with van der Waals surface area (Å²) in [5.41, 5.74) is 0.858. The first kappa shape index (κ1) is 14.3. The van der Waals surface area contributed by atoms with E-state index in [9.17, 15) is 5.11 Å². The first-order valence-electron chi connectivity index (χ1n) is 7.56. The maximum atomic E-state index is 9.62. The van der Waals surface area contributed by atoms with Crippen LogP contribution in [0.2, 0.25) is 0 Å². The van der Waals surface area contributed by atoms with E-state index in [0.717, 1.165) is 42.2 Å². The summed E-state index contributed by atoms with van der Waals surface area (Å²) in [6.45, 7) is 1.61. The molecule has 1 aliphatic heterocycles. The van der Waals surface area contributed by atoms with Crippen molar-refractivity contribution in [1.82, 2.24) is 15.1 Å². The summed E-state index contributed by atoms with van der Waals surface area (Å²) < 4.78 is 5.39. The highest BCUT2D eigenvalue weighted by Gasteiger charge is 2.19. The van der Waals surface area contributed by atoms with Crippen LogP contribution in [0.25, 0.3) is 22.2 Å². The van der Waals surface area contributed by atoms with Crippen LogP contribution in [-0.4, -0.2) is 39.4 Å². The van der Waals surface area contributed by atoms with Gasteiger partial charge in [-0.15, -0.1) is 11.3 Å². The molecule has 1 fully saturated rings. The van der Waals surface area contributed by atoms with Gasteiger partial charge in [-0.1, -0.05) is 11.2 Å². The zero-order valence-electron chi connectivity index (χ0n) is 12.4. The number of thiophene rings is 1. The fraction of sp³-hybridized carbons (Fsp3) is 0.312. The molecule has 6 nitrogen and oxygen atoms in total. The maximum Gasteiger partial charge on any atom is 0.258 e. The Labute approximate surface area is 137 Å². The number of hydrogen-bond acceptors (Lipinski definition) is 7. The molecule has 0 aliphatic carbocycles. The van der Waals surface area contributed by atoms with Gasteiger partial charge in [-0.05, 0) is 36.4 Å². The number of hydrogen-bond donors (Lipinski definition) is 1. The average Bonchev–Trinajstić information content (AvgIpc) is 3.27. The number of nitrogens with zero attached hydrogens (tertiary/aromatic N) is 4. The molecule has 1 N–H and O–H groups in total. The van der Waals surface area contributed by atoms with E-state index in [1.54, 1.807) is 17.5 Å². The van der Waals surface area contributed by atoms with Crippen molar-refractivity contribution < 1.29 is 9.63 Å². The summed E-state index contributed by atoms with van der Waals surface area (Å²) in [7, 11) is 0. The molecule has 0 spiro atoms. The number of aliphatic hydroxyl groups is 1. The highest BCUT2D eigenvalue weighted by atomic mass is 32.1. The first-order valence-corrected chi connectivity index (χ1v) is 8.44. The Kier molecular flexibility index (Phi) is 3.80. The van der Waals surface area contributed by atoms with E-state index in [1.165, 1.54) is 0 Å². The summed E-state index contributed by atoms with van der Waals surface area (Å²) >= 11 is 1.58. The molecule has 0 radical (unpaired) electrons. The number of rotatable bonds is 3. The van der Waals surface area contributed by atoms with Gasteiger partial charge in [0, 0.05) is 24.8 Å². The van der Waals surface area contributed by atoms with Crippen molar-refractivity contribution in [3.8, 4) is 22.2 Å². The third kappa shape index (κ3) is 2.97. The highest BCUT2D eigenvalue weighted by molar-refractivity contribution is 7.13. The normalized spacial score (nSPS) is 16.0. The molecule has 1 aliphatic rings. The topological polar surface area (TPSA) is 75.3 Å². The number of anilines is 1. The second kappa shape index (κ2) is 6.10.